The molecule has 3 N–H and O–H groups in total. The van der Waals surface area contributed by atoms with Crippen LogP contribution in [0.1, 0.15) is 53.8 Å². The largest absolute Gasteiger partial charge is 0.507 e. The first-order valence-electron chi connectivity index (χ1n) is 10.4. The fourth-order valence-corrected chi connectivity index (χ4v) is 4.13. The third-order valence-electron chi connectivity index (χ3n) is 5.82. The van der Waals surface area contributed by atoms with Gasteiger partial charge in [0.05, 0.1) is 5.52 Å². The van der Waals surface area contributed by atoms with E-state index in [1.807, 2.05) is 0 Å². The standard InChI is InChI=1S/C27H17NO6/c29-21-10-8-15(12-19(21)27(33)34)6-5-14-7-9-20-16(11-14)13-22(30)24(28-20)23-25(31)17-3-1-2-4-18(17)26(23)32/h1-13,23,29-30H,(H,33,34)/b6-5+. The molecule has 0 fully saturated rings. The van der Waals surface area contributed by atoms with Crippen LogP contribution in [0.2, 0.25) is 0 Å². The second kappa shape index (κ2) is 7.97. The summed E-state index contributed by atoms with van der Waals surface area (Å²) in [5.74, 6) is -3.70. The second-order valence-corrected chi connectivity index (χ2v) is 7.97. The molecule has 166 valence electrons. The lowest BCUT2D eigenvalue weighted by Gasteiger charge is -2.11. The number of carbonyl (C=O) groups is 3. The molecule has 7 heteroatoms. The summed E-state index contributed by atoms with van der Waals surface area (Å²) in [6.07, 6.45) is 3.45. The summed E-state index contributed by atoms with van der Waals surface area (Å²) < 4.78 is 0. The lowest BCUT2D eigenvalue weighted by molar-refractivity contribution is 0.0693. The zero-order valence-corrected chi connectivity index (χ0v) is 17.6. The fourth-order valence-electron chi connectivity index (χ4n) is 4.13. The first kappa shape index (κ1) is 21.1. The highest BCUT2D eigenvalue weighted by atomic mass is 16.4. The summed E-state index contributed by atoms with van der Waals surface area (Å²) >= 11 is 0. The Kier molecular flexibility index (Phi) is 4.94. The van der Waals surface area contributed by atoms with Gasteiger partial charge < -0.3 is 15.3 Å². The molecule has 3 aromatic carbocycles. The number of pyridine rings is 1. The van der Waals surface area contributed by atoms with Gasteiger partial charge in [-0.25, -0.2) is 9.78 Å². The number of benzene rings is 3. The van der Waals surface area contributed by atoms with Crippen molar-refractivity contribution in [1.29, 1.82) is 0 Å². The van der Waals surface area contributed by atoms with E-state index in [-0.39, 0.29) is 34.3 Å². The number of carbonyl (C=O) groups excluding carboxylic acids is 2. The molecule has 4 aromatic rings. The van der Waals surface area contributed by atoms with Crippen LogP contribution in [0.5, 0.6) is 11.5 Å². The highest BCUT2D eigenvalue weighted by Crippen LogP contribution is 2.38. The zero-order valence-electron chi connectivity index (χ0n) is 17.6. The van der Waals surface area contributed by atoms with Gasteiger partial charge in [-0.05, 0) is 41.5 Å². The van der Waals surface area contributed by atoms with Crippen LogP contribution in [-0.4, -0.2) is 37.8 Å². The Morgan fingerprint density at radius 2 is 1.41 bits per heavy atom. The van der Waals surface area contributed by atoms with E-state index in [2.05, 4.69) is 4.98 Å². The quantitative estimate of drug-likeness (QED) is 0.304. The maximum absolute atomic E-state index is 12.8. The minimum atomic E-state index is -1.22. The Morgan fingerprint density at radius 3 is 2.06 bits per heavy atom. The zero-order chi connectivity index (χ0) is 24.0. The van der Waals surface area contributed by atoms with E-state index < -0.39 is 11.9 Å². The molecule has 5 rings (SSSR count). The van der Waals surface area contributed by atoms with Crippen molar-refractivity contribution in [3.05, 3.63) is 100 Å². The van der Waals surface area contributed by atoms with Crippen molar-refractivity contribution in [2.45, 2.75) is 5.92 Å². The molecule has 0 aliphatic heterocycles. The predicted octanol–water partition coefficient (Wildman–Crippen LogP) is 4.68. The van der Waals surface area contributed by atoms with E-state index >= 15 is 0 Å². The van der Waals surface area contributed by atoms with Gasteiger partial charge in [0.15, 0.2) is 11.6 Å². The third-order valence-corrected chi connectivity index (χ3v) is 5.82. The summed E-state index contributed by atoms with van der Waals surface area (Å²) in [6, 6.07) is 17.6. The number of rotatable bonds is 4. The first-order chi connectivity index (χ1) is 16.3. The van der Waals surface area contributed by atoms with Gasteiger partial charge in [0, 0.05) is 16.5 Å². The predicted molar refractivity (Wildman–Crippen MR) is 125 cm³/mol. The van der Waals surface area contributed by atoms with Crippen molar-refractivity contribution >= 4 is 40.6 Å². The summed E-state index contributed by atoms with van der Waals surface area (Å²) in [5, 5.41) is 30.0. The van der Waals surface area contributed by atoms with Crippen LogP contribution in [0.25, 0.3) is 23.1 Å². The summed E-state index contributed by atoms with van der Waals surface area (Å²) in [4.78, 5) is 41.3. The Balaban J connectivity index is 1.47. The van der Waals surface area contributed by atoms with Crippen molar-refractivity contribution in [3.63, 3.8) is 0 Å². The summed E-state index contributed by atoms with van der Waals surface area (Å²) in [5.41, 5.74) is 2.36. The van der Waals surface area contributed by atoms with Gasteiger partial charge in [-0.2, -0.15) is 0 Å². The van der Waals surface area contributed by atoms with Crippen LogP contribution in [0.15, 0.2) is 66.7 Å². The van der Waals surface area contributed by atoms with Crippen molar-refractivity contribution in [2.75, 3.05) is 0 Å². The summed E-state index contributed by atoms with van der Waals surface area (Å²) in [6.45, 7) is 0. The van der Waals surface area contributed by atoms with Gasteiger partial charge >= 0.3 is 5.97 Å². The fraction of sp³-hybridized carbons (Fsp3) is 0.0370. The highest BCUT2D eigenvalue weighted by Gasteiger charge is 2.41. The molecule has 1 aliphatic carbocycles. The number of hydrogen-bond donors (Lipinski definition) is 3. The number of carboxylic acids is 1. The average molecular weight is 451 g/mol. The number of ketones is 2. The topological polar surface area (TPSA) is 125 Å². The van der Waals surface area contributed by atoms with Crippen LogP contribution in [0, 0.1) is 0 Å². The highest BCUT2D eigenvalue weighted by molar-refractivity contribution is 6.29. The van der Waals surface area contributed by atoms with E-state index in [9.17, 15) is 24.6 Å². The van der Waals surface area contributed by atoms with Gasteiger partial charge in [-0.1, -0.05) is 48.6 Å². The van der Waals surface area contributed by atoms with E-state index in [1.54, 1.807) is 60.7 Å². The number of nitrogens with zero attached hydrogens (tertiary/aromatic N) is 1. The molecule has 1 aromatic heterocycles. The Labute approximate surface area is 193 Å². The first-order valence-corrected chi connectivity index (χ1v) is 10.4. The van der Waals surface area contributed by atoms with Gasteiger partial charge in [0.1, 0.15) is 28.7 Å². The molecule has 1 aliphatic rings. The van der Waals surface area contributed by atoms with E-state index in [4.69, 9.17) is 5.11 Å². The molecule has 0 saturated carbocycles. The molecule has 0 saturated heterocycles. The molecule has 7 nitrogen and oxygen atoms in total. The molecule has 0 atom stereocenters. The molecule has 0 bridgehead atoms. The van der Waals surface area contributed by atoms with Crippen LogP contribution in [-0.2, 0) is 0 Å². The van der Waals surface area contributed by atoms with Gasteiger partial charge in [0.2, 0.25) is 0 Å². The van der Waals surface area contributed by atoms with E-state index in [0.717, 1.165) is 5.56 Å². The minimum Gasteiger partial charge on any atom is -0.507 e. The maximum atomic E-state index is 12.8. The van der Waals surface area contributed by atoms with Crippen molar-refractivity contribution in [2.24, 2.45) is 0 Å². The molecule has 0 unspecified atom stereocenters. The van der Waals surface area contributed by atoms with Crippen molar-refractivity contribution in [1.82, 2.24) is 4.98 Å². The lowest BCUT2D eigenvalue weighted by atomic mass is 9.97. The number of hydrogen-bond acceptors (Lipinski definition) is 6. The third kappa shape index (κ3) is 3.49. The van der Waals surface area contributed by atoms with Crippen LogP contribution in [0.3, 0.4) is 0 Å². The number of aromatic carboxylic acids is 1. The molecular weight excluding hydrogens is 434 g/mol. The molecule has 1 heterocycles. The number of fused-ring (bicyclic) bond motifs is 2. The van der Waals surface area contributed by atoms with Crippen LogP contribution < -0.4 is 0 Å². The Bertz CT molecular complexity index is 1520. The molecule has 0 radical (unpaired) electrons. The van der Waals surface area contributed by atoms with Crippen molar-refractivity contribution < 1.29 is 29.7 Å². The second-order valence-electron chi connectivity index (χ2n) is 7.97. The molecule has 34 heavy (non-hydrogen) atoms. The number of aromatic hydroxyl groups is 2. The van der Waals surface area contributed by atoms with Crippen LogP contribution >= 0.6 is 0 Å². The normalized spacial score (nSPS) is 13.6. The Morgan fingerprint density at radius 1 is 0.794 bits per heavy atom. The molecule has 0 spiro atoms. The van der Waals surface area contributed by atoms with Gasteiger partial charge in [-0.15, -0.1) is 0 Å². The van der Waals surface area contributed by atoms with Gasteiger partial charge in [-0.3, -0.25) is 9.59 Å². The van der Waals surface area contributed by atoms with E-state index in [0.29, 0.717) is 27.6 Å². The van der Waals surface area contributed by atoms with Crippen molar-refractivity contribution in [3.8, 4) is 11.5 Å². The monoisotopic (exact) mass is 451 g/mol. The molecular formula is C27H17NO6. The summed E-state index contributed by atoms with van der Waals surface area (Å²) in [7, 11) is 0. The minimum absolute atomic E-state index is 0.0345. The SMILES string of the molecule is O=C(O)c1cc(/C=C/c2ccc3nc(C4C(=O)c5ccccc5C4=O)c(O)cc3c2)ccc1O. The lowest BCUT2D eigenvalue weighted by Crippen LogP contribution is -2.14. The number of Topliss-reactive ketones (excluding diaryl/α,β-unsaturated/α-hetero) is 2. The van der Waals surface area contributed by atoms with Crippen LogP contribution in [0.4, 0.5) is 0 Å². The number of aromatic nitrogens is 1. The molecule has 0 amide bonds. The number of phenols is 1. The Hall–Kier alpha value is -4.78. The average Bonchev–Trinajstić information content (AvgIpc) is 3.08. The maximum Gasteiger partial charge on any atom is 0.339 e. The van der Waals surface area contributed by atoms with Gasteiger partial charge in [0.25, 0.3) is 0 Å². The smallest absolute Gasteiger partial charge is 0.339 e. The number of carboxylic acid groups (broad SMARTS) is 1. The van der Waals surface area contributed by atoms with E-state index in [1.165, 1.54) is 18.2 Å².